The van der Waals surface area contributed by atoms with Crippen LogP contribution >= 0.6 is 0 Å². The third kappa shape index (κ3) is 4.51. The molecule has 0 amide bonds. The Morgan fingerprint density at radius 3 is 2.59 bits per heavy atom. The second kappa shape index (κ2) is 8.44. The molecule has 3 aromatic heterocycles. The molecule has 34 heavy (non-hydrogen) atoms. The van der Waals surface area contributed by atoms with Crippen molar-refractivity contribution in [1.82, 2.24) is 15.0 Å². The number of H-pyrrole nitrogens is 1. The molecule has 1 aliphatic heterocycles. The lowest BCUT2D eigenvalue weighted by molar-refractivity contribution is -0.141. The number of anilines is 1. The van der Waals surface area contributed by atoms with Crippen molar-refractivity contribution in [1.29, 1.82) is 0 Å². The molecule has 180 valence electrons. The average molecular weight is 480 g/mol. The molecule has 0 aliphatic carbocycles. The maximum atomic E-state index is 13.9. The minimum atomic E-state index is -4.74. The smallest absolute Gasteiger partial charge is 0.356 e. The van der Waals surface area contributed by atoms with Gasteiger partial charge in [0.25, 0.3) is 0 Å². The minimum absolute atomic E-state index is 0.0259. The quantitative estimate of drug-likeness (QED) is 0.415. The summed E-state index contributed by atoms with van der Waals surface area (Å²) in [7, 11) is 0. The summed E-state index contributed by atoms with van der Waals surface area (Å²) in [5.74, 6) is -3.46. The summed E-state index contributed by atoms with van der Waals surface area (Å²) in [6.45, 7) is 2.41. The van der Waals surface area contributed by atoms with Crippen LogP contribution in [0.4, 0.5) is 27.8 Å². The van der Waals surface area contributed by atoms with Crippen molar-refractivity contribution in [2.45, 2.75) is 45.2 Å². The molecular formula is C23H21F5N4O2. The summed E-state index contributed by atoms with van der Waals surface area (Å²) in [6.07, 6.45) is -4.22. The zero-order valence-electron chi connectivity index (χ0n) is 18.4. The van der Waals surface area contributed by atoms with E-state index in [1.54, 1.807) is 0 Å². The van der Waals surface area contributed by atoms with Crippen LogP contribution in [0.3, 0.4) is 0 Å². The number of ketones is 1. The standard InChI is InChI=1S/C23H21F5N4O2/c1-12-10-14(16-11-17(34)18-15(30-16)4-7-29-19(18)13(2)33)21(31-20(12)23(26,27)28)32-8-3-5-22(24,25)6-9-32/h4,7,10-11H,3,5-6,8-9H2,1-2H3,(H,30,34). The Labute approximate surface area is 190 Å². The molecule has 4 heterocycles. The fourth-order valence-electron chi connectivity index (χ4n) is 4.22. The number of nitrogens with one attached hydrogen (secondary N) is 1. The van der Waals surface area contributed by atoms with Gasteiger partial charge in [-0.3, -0.25) is 14.6 Å². The Balaban J connectivity index is 1.94. The zero-order valence-corrected chi connectivity index (χ0v) is 18.4. The summed E-state index contributed by atoms with van der Waals surface area (Å²) < 4.78 is 68.7. The van der Waals surface area contributed by atoms with E-state index in [0.29, 0.717) is 0 Å². The first-order chi connectivity index (χ1) is 15.9. The van der Waals surface area contributed by atoms with Crippen molar-refractivity contribution in [3.63, 3.8) is 0 Å². The maximum absolute atomic E-state index is 13.9. The molecule has 11 heteroatoms. The fraction of sp³-hybridized carbons (Fsp3) is 0.391. The van der Waals surface area contributed by atoms with Crippen molar-refractivity contribution in [2.24, 2.45) is 0 Å². The highest BCUT2D eigenvalue weighted by atomic mass is 19.4. The number of fused-ring (bicyclic) bond motifs is 1. The highest BCUT2D eigenvalue weighted by Crippen LogP contribution is 2.38. The van der Waals surface area contributed by atoms with E-state index >= 15 is 0 Å². The van der Waals surface area contributed by atoms with Gasteiger partial charge in [0.1, 0.15) is 17.2 Å². The van der Waals surface area contributed by atoms with Crippen molar-refractivity contribution in [3.05, 3.63) is 51.6 Å². The molecule has 1 aliphatic rings. The van der Waals surface area contributed by atoms with Crippen LogP contribution in [0.15, 0.2) is 29.2 Å². The summed E-state index contributed by atoms with van der Waals surface area (Å²) in [5, 5.41) is 0.0614. The second-order valence-corrected chi connectivity index (χ2v) is 8.40. The number of pyridine rings is 3. The Morgan fingerprint density at radius 1 is 1.18 bits per heavy atom. The van der Waals surface area contributed by atoms with Gasteiger partial charge in [0.2, 0.25) is 5.92 Å². The number of nitrogens with zero attached hydrogens (tertiary/aromatic N) is 3. The molecule has 0 saturated carbocycles. The van der Waals surface area contributed by atoms with Gasteiger partial charge in [0.15, 0.2) is 11.2 Å². The molecule has 6 nitrogen and oxygen atoms in total. The Kier molecular flexibility index (Phi) is 5.91. The van der Waals surface area contributed by atoms with E-state index in [-0.39, 0.29) is 65.2 Å². The summed E-state index contributed by atoms with van der Waals surface area (Å²) >= 11 is 0. The van der Waals surface area contributed by atoms with E-state index < -0.39 is 35.4 Å². The number of carbonyl (C=O) groups excluding carboxylic acids is 1. The van der Waals surface area contributed by atoms with Crippen molar-refractivity contribution < 1.29 is 26.7 Å². The van der Waals surface area contributed by atoms with Gasteiger partial charge in [0.05, 0.1) is 16.6 Å². The van der Waals surface area contributed by atoms with E-state index in [9.17, 15) is 31.5 Å². The predicted octanol–water partition coefficient (Wildman–Crippen LogP) is 5.14. The van der Waals surface area contributed by atoms with Crippen LogP contribution < -0.4 is 10.3 Å². The third-order valence-corrected chi connectivity index (χ3v) is 5.84. The van der Waals surface area contributed by atoms with E-state index in [4.69, 9.17) is 0 Å². The molecule has 0 radical (unpaired) electrons. The number of carbonyl (C=O) groups is 1. The van der Waals surface area contributed by atoms with Crippen LogP contribution in [0.25, 0.3) is 22.2 Å². The molecule has 1 N–H and O–H groups in total. The number of hydrogen-bond donors (Lipinski definition) is 1. The largest absolute Gasteiger partial charge is 0.433 e. The number of rotatable bonds is 3. The van der Waals surface area contributed by atoms with Gasteiger partial charge in [-0.15, -0.1) is 0 Å². The van der Waals surface area contributed by atoms with Crippen LogP contribution in [0.5, 0.6) is 0 Å². The average Bonchev–Trinajstić information content (AvgIpc) is 2.92. The van der Waals surface area contributed by atoms with E-state index in [0.717, 1.165) is 6.07 Å². The van der Waals surface area contributed by atoms with Crippen molar-refractivity contribution in [3.8, 4) is 11.3 Å². The number of Topliss-reactive ketones (excluding diaryl/α,β-unsaturated/α-hetero) is 1. The van der Waals surface area contributed by atoms with Gasteiger partial charge in [0, 0.05) is 50.7 Å². The lowest BCUT2D eigenvalue weighted by Crippen LogP contribution is -2.28. The monoisotopic (exact) mass is 480 g/mol. The van der Waals surface area contributed by atoms with Gasteiger partial charge in [-0.1, -0.05) is 0 Å². The van der Waals surface area contributed by atoms with Gasteiger partial charge < -0.3 is 9.88 Å². The molecule has 0 atom stereocenters. The van der Waals surface area contributed by atoms with Crippen LogP contribution in [-0.2, 0) is 6.18 Å². The van der Waals surface area contributed by atoms with Crippen LogP contribution in [-0.4, -0.2) is 39.7 Å². The van der Waals surface area contributed by atoms with Crippen molar-refractivity contribution in [2.75, 3.05) is 18.0 Å². The van der Waals surface area contributed by atoms with Gasteiger partial charge >= 0.3 is 6.18 Å². The second-order valence-electron chi connectivity index (χ2n) is 8.40. The summed E-state index contributed by atoms with van der Waals surface area (Å²) in [5.41, 5.74) is -1.26. The number of aromatic nitrogens is 3. The number of aromatic amines is 1. The van der Waals surface area contributed by atoms with Crippen molar-refractivity contribution >= 4 is 22.5 Å². The van der Waals surface area contributed by atoms with Crippen LogP contribution in [0, 0.1) is 6.92 Å². The first-order valence-corrected chi connectivity index (χ1v) is 10.6. The molecule has 0 aromatic carbocycles. The number of hydrogen-bond acceptors (Lipinski definition) is 5. The molecular weight excluding hydrogens is 459 g/mol. The first kappa shape index (κ1) is 23.8. The SMILES string of the molecule is CC(=O)c1nccc2[nH]c(-c3cc(C)c(C(F)(F)F)nc3N3CCCC(F)(F)CC3)cc(=O)c12. The highest BCUT2D eigenvalue weighted by molar-refractivity contribution is 6.04. The lowest BCUT2D eigenvalue weighted by Gasteiger charge is -2.26. The van der Waals surface area contributed by atoms with E-state index in [1.165, 1.54) is 37.1 Å². The van der Waals surface area contributed by atoms with Crippen LogP contribution in [0.1, 0.15) is 47.9 Å². The Hall–Kier alpha value is -3.37. The summed E-state index contributed by atoms with van der Waals surface area (Å²) in [4.78, 5) is 37.0. The molecule has 1 saturated heterocycles. The van der Waals surface area contributed by atoms with Gasteiger partial charge in [-0.05, 0) is 31.0 Å². The first-order valence-electron chi connectivity index (χ1n) is 10.6. The lowest BCUT2D eigenvalue weighted by atomic mass is 10.0. The number of halogens is 5. The molecule has 0 unspecified atom stereocenters. The van der Waals surface area contributed by atoms with Crippen LogP contribution in [0.2, 0.25) is 0 Å². The molecule has 1 fully saturated rings. The maximum Gasteiger partial charge on any atom is 0.433 e. The minimum Gasteiger partial charge on any atom is -0.356 e. The Morgan fingerprint density at radius 2 is 1.91 bits per heavy atom. The predicted molar refractivity (Wildman–Crippen MR) is 116 cm³/mol. The number of alkyl halides is 5. The highest BCUT2D eigenvalue weighted by Gasteiger charge is 2.37. The molecule has 0 bridgehead atoms. The third-order valence-electron chi connectivity index (χ3n) is 5.84. The number of aryl methyl sites for hydroxylation is 1. The molecule has 0 spiro atoms. The topological polar surface area (TPSA) is 79.0 Å². The van der Waals surface area contributed by atoms with E-state index in [2.05, 4.69) is 15.0 Å². The zero-order chi connectivity index (χ0) is 24.8. The van der Waals surface area contributed by atoms with Gasteiger partial charge in [-0.25, -0.2) is 13.8 Å². The Bertz CT molecular complexity index is 1330. The normalized spacial score (nSPS) is 16.5. The van der Waals surface area contributed by atoms with E-state index in [1.807, 2.05) is 0 Å². The fourth-order valence-corrected chi connectivity index (χ4v) is 4.22. The van der Waals surface area contributed by atoms with Gasteiger partial charge in [-0.2, -0.15) is 13.2 Å². The molecule has 3 aromatic rings. The molecule has 4 rings (SSSR count). The summed E-state index contributed by atoms with van der Waals surface area (Å²) in [6, 6.07) is 3.89.